The Morgan fingerprint density at radius 1 is 0.971 bits per heavy atom. The molecule has 2 saturated heterocycles. The van der Waals surface area contributed by atoms with Crippen LogP contribution in [0.15, 0.2) is 65.5 Å². The van der Waals surface area contributed by atoms with Gasteiger partial charge in [-0.2, -0.15) is 0 Å². The van der Waals surface area contributed by atoms with Crippen molar-refractivity contribution < 1.29 is 18.7 Å². The van der Waals surface area contributed by atoms with Gasteiger partial charge in [-0.15, -0.1) is 0 Å². The molecule has 7 nitrogen and oxygen atoms in total. The van der Waals surface area contributed by atoms with E-state index in [1.807, 2.05) is 29.2 Å². The number of fused-ring (bicyclic) bond motifs is 1. The van der Waals surface area contributed by atoms with E-state index in [1.54, 1.807) is 19.6 Å². The number of rotatable bonds is 8. The molecule has 0 radical (unpaired) electrons. The van der Waals surface area contributed by atoms with Crippen molar-refractivity contribution in [2.75, 3.05) is 33.4 Å². The Morgan fingerprint density at radius 2 is 1.76 bits per heavy atom. The van der Waals surface area contributed by atoms with Crippen LogP contribution in [-0.2, 0) is 22.6 Å². The number of ether oxygens (including phenoxy) is 1. The summed E-state index contributed by atoms with van der Waals surface area (Å²) in [6.07, 6.45) is 5.42. The van der Waals surface area contributed by atoms with Gasteiger partial charge >= 0.3 is 6.03 Å². The maximum atomic E-state index is 13.8. The number of hydrogen-bond donors (Lipinski definition) is 0. The third-order valence-corrected chi connectivity index (χ3v) is 7.18. The van der Waals surface area contributed by atoms with Crippen molar-refractivity contribution in [1.29, 1.82) is 0 Å². The number of amides is 3. The monoisotopic (exact) mass is 461 g/mol. The summed E-state index contributed by atoms with van der Waals surface area (Å²) in [7, 11) is 1.66. The third-order valence-electron chi connectivity index (χ3n) is 7.18. The van der Waals surface area contributed by atoms with Crippen LogP contribution in [0.2, 0.25) is 0 Å². The Kier molecular flexibility index (Phi) is 6.39. The molecule has 2 fully saturated rings. The van der Waals surface area contributed by atoms with Crippen molar-refractivity contribution >= 4 is 22.7 Å². The number of imide groups is 1. The van der Waals surface area contributed by atoms with Crippen molar-refractivity contribution in [3.05, 3.63) is 72.2 Å². The molecule has 34 heavy (non-hydrogen) atoms. The Morgan fingerprint density at radius 3 is 2.50 bits per heavy atom. The van der Waals surface area contributed by atoms with Gasteiger partial charge in [-0.3, -0.25) is 14.6 Å². The summed E-state index contributed by atoms with van der Waals surface area (Å²) in [6, 6.07) is 16.1. The van der Waals surface area contributed by atoms with Gasteiger partial charge in [0.25, 0.3) is 5.91 Å². The van der Waals surface area contributed by atoms with Crippen LogP contribution in [0.4, 0.5) is 4.79 Å². The van der Waals surface area contributed by atoms with Gasteiger partial charge in [0.15, 0.2) is 0 Å². The number of carbonyl (C=O) groups excluding carboxylic acids is 2. The van der Waals surface area contributed by atoms with E-state index in [9.17, 15) is 9.59 Å². The molecule has 0 saturated carbocycles. The summed E-state index contributed by atoms with van der Waals surface area (Å²) in [5.41, 5.74) is 1.32. The summed E-state index contributed by atoms with van der Waals surface area (Å²) in [6.45, 7) is 3.69. The fourth-order valence-corrected chi connectivity index (χ4v) is 5.32. The zero-order valence-electron chi connectivity index (χ0n) is 19.6. The summed E-state index contributed by atoms with van der Waals surface area (Å²) < 4.78 is 10.4. The zero-order chi connectivity index (χ0) is 23.5. The fourth-order valence-electron chi connectivity index (χ4n) is 5.32. The minimum atomic E-state index is -0.769. The summed E-state index contributed by atoms with van der Waals surface area (Å²) >= 11 is 0. The first-order valence-corrected chi connectivity index (χ1v) is 11.9. The second kappa shape index (κ2) is 9.60. The molecule has 1 aromatic heterocycles. The Balaban J connectivity index is 1.36. The van der Waals surface area contributed by atoms with Crippen molar-refractivity contribution in [3.8, 4) is 0 Å². The number of benzene rings is 2. The highest BCUT2D eigenvalue weighted by Gasteiger charge is 2.57. The van der Waals surface area contributed by atoms with Crippen LogP contribution in [0.1, 0.15) is 30.4 Å². The molecule has 0 bridgehead atoms. The van der Waals surface area contributed by atoms with Crippen molar-refractivity contribution in [2.45, 2.75) is 37.9 Å². The molecule has 5 rings (SSSR count). The van der Waals surface area contributed by atoms with Gasteiger partial charge in [-0.25, -0.2) is 4.79 Å². The predicted octanol–water partition coefficient (Wildman–Crippen LogP) is 4.27. The van der Waals surface area contributed by atoms with Crippen molar-refractivity contribution in [2.24, 2.45) is 0 Å². The largest absolute Gasteiger partial charge is 0.472 e. The van der Waals surface area contributed by atoms with Crippen LogP contribution >= 0.6 is 0 Å². The van der Waals surface area contributed by atoms with Gasteiger partial charge in [0, 0.05) is 45.5 Å². The molecule has 178 valence electrons. The molecule has 0 N–H and O–H groups in total. The summed E-state index contributed by atoms with van der Waals surface area (Å²) in [4.78, 5) is 33.0. The van der Waals surface area contributed by atoms with Crippen LogP contribution in [0.5, 0.6) is 0 Å². The molecule has 3 heterocycles. The van der Waals surface area contributed by atoms with E-state index in [0.29, 0.717) is 39.0 Å². The summed E-state index contributed by atoms with van der Waals surface area (Å²) in [5.74, 6) is -0.0639. The minimum Gasteiger partial charge on any atom is -0.472 e. The number of methoxy groups -OCH3 is 1. The molecule has 2 aliphatic rings. The van der Waals surface area contributed by atoms with E-state index in [2.05, 4.69) is 29.2 Å². The van der Waals surface area contributed by atoms with Crippen LogP contribution < -0.4 is 0 Å². The van der Waals surface area contributed by atoms with Gasteiger partial charge in [-0.1, -0.05) is 36.4 Å². The van der Waals surface area contributed by atoms with E-state index < -0.39 is 5.54 Å². The number of urea groups is 1. The molecule has 3 aromatic rings. The van der Waals surface area contributed by atoms with E-state index >= 15 is 0 Å². The lowest BCUT2D eigenvalue weighted by atomic mass is 9.85. The number of likely N-dealkylation sites (tertiary alicyclic amines) is 1. The first kappa shape index (κ1) is 22.6. The van der Waals surface area contributed by atoms with Crippen molar-refractivity contribution in [3.63, 3.8) is 0 Å². The fraction of sp³-hybridized carbons (Fsp3) is 0.407. The Labute approximate surface area is 199 Å². The molecule has 2 aromatic carbocycles. The molecular weight excluding hydrogens is 430 g/mol. The van der Waals surface area contributed by atoms with Crippen LogP contribution in [-0.4, -0.2) is 65.5 Å². The second-order valence-electron chi connectivity index (χ2n) is 9.29. The lowest BCUT2D eigenvalue weighted by Crippen LogP contribution is -2.56. The number of hydrogen-bond acceptors (Lipinski definition) is 5. The van der Waals surface area contributed by atoms with Gasteiger partial charge in [0.2, 0.25) is 0 Å². The predicted molar refractivity (Wildman–Crippen MR) is 129 cm³/mol. The van der Waals surface area contributed by atoms with Gasteiger partial charge in [-0.05, 0) is 47.7 Å². The smallest absolute Gasteiger partial charge is 0.327 e. The van der Waals surface area contributed by atoms with Crippen molar-refractivity contribution in [1.82, 2.24) is 14.7 Å². The minimum absolute atomic E-state index is 0.0639. The molecule has 2 aliphatic heterocycles. The van der Waals surface area contributed by atoms with E-state index in [4.69, 9.17) is 9.15 Å². The lowest BCUT2D eigenvalue weighted by molar-refractivity contribution is -0.136. The topological polar surface area (TPSA) is 66.2 Å². The second-order valence-corrected chi connectivity index (χ2v) is 9.29. The quantitative estimate of drug-likeness (QED) is 0.370. The van der Waals surface area contributed by atoms with Gasteiger partial charge in [0.05, 0.1) is 19.1 Å². The average molecular weight is 462 g/mol. The highest BCUT2D eigenvalue weighted by atomic mass is 16.5. The molecule has 7 heteroatoms. The number of piperidine rings is 1. The highest BCUT2D eigenvalue weighted by Crippen LogP contribution is 2.38. The van der Waals surface area contributed by atoms with Crippen LogP contribution in [0, 0.1) is 0 Å². The number of carbonyl (C=O) groups is 2. The third kappa shape index (κ3) is 4.21. The Hall–Kier alpha value is -3.16. The first-order valence-electron chi connectivity index (χ1n) is 11.9. The number of furan rings is 1. The normalized spacial score (nSPS) is 18.5. The highest BCUT2D eigenvalue weighted by molar-refractivity contribution is 6.07. The zero-order valence-corrected chi connectivity index (χ0v) is 19.6. The molecule has 1 spiro atoms. The van der Waals surface area contributed by atoms with Gasteiger partial charge < -0.3 is 14.1 Å². The van der Waals surface area contributed by atoms with Crippen LogP contribution in [0.3, 0.4) is 0 Å². The maximum absolute atomic E-state index is 13.8. The SMILES string of the molecule is COCCCN1C(=O)N(Cc2ccc3ccccc3c2)C(=O)C12CCN(Cc1ccoc1)CC2. The maximum Gasteiger partial charge on any atom is 0.327 e. The standard InChI is InChI=1S/C27H31N3O4/c1-33-15-4-12-30-26(32)29(19-21-7-8-23-5-2-3-6-24(23)17-21)25(31)27(30)10-13-28(14-11-27)18-22-9-16-34-20-22/h2-3,5-9,16-17,20H,4,10-15,18-19H2,1H3. The summed E-state index contributed by atoms with van der Waals surface area (Å²) in [5, 5.41) is 2.26. The lowest BCUT2D eigenvalue weighted by Gasteiger charge is -2.42. The first-order chi connectivity index (χ1) is 16.6. The number of nitrogens with zero attached hydrogens (tertiary/aromatic N) is 3. The average Bonchev–Trinajstić information content (AvgIpc) is 3.43. The molecule has 0 atom stereocenters. The molecular formula is C27H31N3O4. The van der Waals surface area contributed by atoms with E-state index in [0.717, 1.165) is 41.5 Å². The molecule has 0 unspecified atom stereocenters. The van der Waals surface area contributed by atoms with E-state index in [-0.39, 0.29) is 11.9 Å². The molecule has 0 aliphatic carbocycles. The Bertz CT molecular complexity index is 1150. The van der Waals surface area contributed by atoms with Gasteiger partial charge in [0.1, 0.15) is 5.54 Å². The van der Waals surface area contributed by atoms with E-state index in [1.165, 1.54) is 4.90 Å². The van der Waals surface area contributed by atoms with Crippen LogP contribution in [0.25, 0.3) is 10.8 Å². The molecule has 3 amide bonds.